The average Bonchev–Trinajstić information content (AvgIpc) is 2.37. The third kappa shape index (κ3) is 3.96. The molecule has 0 saturated heterocycles. The Balaban J connectivity index is 2.55. The molecule has 0 unspecified atom stereocenters. The summed E-state index contributed by atoms with van der Waals surface area (Å²) in [6.45, 7) is 1.76. The van der Waals surface area contributed by atoms with E-state index in [1.165, 1.54) is 0 Å². The molecule has 0 aromatic heterocycles. The smallest absolute Gasteiger partial charge is 0.353 e. The quantitative estimate of drug-likeness (QED) is 0.489. The minimum absolute atomic E-state index is 0.0783. The van der Waals surface area contributed by atoms with Gasteiger partial charge >= 0.3 is 5.97 Å². The van der Waals surface area contributed by atoms with Gasteiger partial charge in [-0.05, 0) is 23.6 Å². The molecule has 0 saturated carbocycles. The normalized spacial score (nSPS) is 11.7. The topological polar surface area (TPSA) is 67.2 Å². The Morgan fingerprint density at radius 3 is 2.44 bits per heavy atom. The summed E-state index contributed by atoms with van der Waals surface area (Å²) in [6, 6.07) is 9.12. The van der Waals surface area contributed by atoms with E-state index >= 15 is 0 Å². The van der Waals surface area contributed by atoms with Crippen LogP contribution in [0.4, 0.5) is 0 Å². The van der Waals surface area contributed by atoms with Gasteiger partial charge in [-0.15, -0.1) is 0 Å². The van der Waals surface area contributed by atoms with Gasteiger partial charge in [0.2, 0.25) is 5.24 Å². The van der Waals surface area contributed by atoms with E-state index in [0.717, 1.165) is 5.56 Å². The second-order valence-corrected chi connectivity index (χ2v) is 4.11. The van der Waals surface area contributed by atoms with Crippen LogP contribution in [-0.2, 0) is 20.9 Å². The Bertz CT molecular complexity index is 445. The summed E-state index contributed by atoms with van der Waals surface area (Å²) in [4.78, 5) is 22.6. The number of halogens is 1. The molecule has 0 aliphatic carbocycles. The number of benzene rings is 1. The van der Waals surface area contributed by atoms with Crippen LogP contribution in [-0.4, -0.2) is 16.9 Å². The second kappa shape index (κ2) is 6.91. The number of carbonyl (C=O) groups is 2. The van der Waals surface area contributed by atoms with E-state index in [1.54, 1.807) is 19.1 Å². The summed E-state index contributed by atoms with van der Waals surface area (Å²) in [7, 11) is 0. The average molecular weight is 268 g/mol. The van der Waals surface area contributed by atoms with E-state index in [0.29, 0.717) is 6.42 Å². The van der Waals surface area contributed by atoms with Crippen molar-refractivity contribution in [2.24, 2.45) is 5.92 Å². The zero-order valence-electron chi connectivity index (χ0n) is 9.98. The standard InChI is InChI=1S/C13H14ClNO3/c1-2-10(12(14)16)11(15)13(17)18-8-9-6-4-3-5-7-9/h3-7,10,15H,2,8H2,1H3/t10-/m0/s1. The maximum absolute atomic E-state index is 11.6. The van der Waals surface area contributed by atoms with E-state index in [-0.39, 0.29) is 6.61 Å². The lowest BCUT2D eigenvalue weighted by atomic mass is 10.0. The van der Waals surface area contributed by atoms with E-state index < -0.39 is 22.8 Å². The molecule has 1 aromatic carbocycles. The lowest BCUT2D eigenvalue weighted by molar-refractivity contribution is -0.137. The highest BCUT2D eigenvalue weighted by molar-refractivity contribution is 6.67. The van der Waals surface area contributed by atoms with Gasteiger partial charge in [0, 0.05) is 0 Å². The van der Waals surface area contributed by atoms with Gasteiger partial charge in [-0.1, -0.05) is 37.3 Å². The molecule has 0 heterocycles. The van der Waals surface area contributed by atoms with Gasteiger partial charge in [0.15, 0.2) is 0 Å². The zero-order valence-corrected chi connectivity index (χ0v) is 10.7. The van der Waals surface area contributed by atoms with Crippen molar-refractivity contribution in [3.63, 3.8) is 0 Å². The first-order chi connectivity index (χ1) is 8.56. The van der Waals surface area contributed by atoms with Gasteiger partial charge in [0.1, 0.15) is 12.3 Å². The second-order valence-electron chi connectivity index (χ2n) is 3.74. The molecule has 1 rings (SSSR count). The molecule has 96 valence electrons. The van der Waals surface area contributed by atoms with Gasteiger partial charge in [-0.2, -0.15) is 0 Å². The molecule has 1 N–H and O–H groups in total. The molecule has 0 aliphatic rings. The fourth-order valence-corrected chi connectivity index (χ4v) is 1.68. The molecule has 0 amide bonds. The Kier molecular flexibility index (Phi) is 5.52. The molecule has 0 spiro atoms. The highest BCUT2D eigenvalue weighted by atomic mass is 35.5. The van der Waals surface area contributed by atoms with E-state index in [4.69, 9.17) is 21.7 Å². The number of ether oxygens (including phenoxy) is 1. The van der Waals surface area contributed by atoms with Crippen molar-refractivity contribution < 1.29 is 14.3 Å². The Labute approximate surface area is 110 Å². The van der Waals surface area contributed by atoms with Crippen molar-refractivity contribution in [1.29, 1.82) is 5.41 Å². The summed E-state index contributed by atoms with van der Waals surface area (Å²) >= 11 is 5.31. The number of hydrogen-bond donors (Lipinski definition) is 1. The molecular weight excluding hydrogens is 254 g/mol. The van der Waals surface area contributed by atoms with E-state index in [9.17, 15) is 9.59 Å². The van der Waals surface area contributed by atoms with Gasteiger partial charge in [-0.3, -0.25) is 10.2 Å². The third-order valence-electron chi connectivity index (χ3n) is 2.46. The molecule has 0 fully saturated rings. The highest BCUT2D eigenvalue weighted by Crippen LogP contribution is 2.11. The summed E-state index contributed by atoms with van der Waals surface area (Å²) in [6.07, 6.45) is 0.307. The van der Waals surface area contributed by atoms with Crippen LogP contribution < -0.4 is 0 Å². The summed E-state index contributed by atoms with van der Waals surface area (Å²) in [5.74, 6) is -1.70. The molecule has 18 heavy (non-hydrogen) atoms. The van der Waals surface area contributed by atoms with Crippen LogP contribution in [0.3, 0.4) is 0 Å². The van der Waals surface area contributed by atoms with Crippen LogP contribution in [0.25, 0.3) is 0 Å². The monoisotopic (exact) mass is 267 g/mol. The van der Waals surface area contributed by atoms with Crippen molar-refractivity contribution in [3.8, 4) is 0 Å². The Hall–Kier alpha value is -1.68. The van der Waals surface area contributed by atoms with Crippen LogP contribution >= 0.6 is 11.6 Å². The minimum atomic E-state index is -0.894. The Morgan fingerprint density at radius 1 is 1.33 bits per heavy atom. The van der Waals surface area contributed by atoms with Crippen molar-refractivity contribution >= 4 is 28.5 Å². The maximum Gasteiger partial charge on any atom is 0.353 e. The first kappa shape index (κ1) is 14.4. The van der Waals surface area contributed by atoms with Crippen LogP contribution in [0.15, 0.2) is 30.3 Å². The van der Waals surface area contributed by atoms with Crippen LogP contribution in [0, 0.1) is 11.3 Å². The minimum Gasteiger partial charge on any atom is -0.456 e. The van der Waals surface area contributed by atoms with Crippen LogP contribution in [0.2, 0.25) is 0 Å². The van der Waals surface area contributed by atoms with Crippen molar-refractivity contribution in [1.82, 2.24) is 0 Å². The Morgan fingerprint density at radius 2 is 1.94 bits per heavy atom. The first-order valence-electron chi connectivity index (χ1n) is 5.55. The molecule has 1 atom stereocenters. The first-order valence-corrected chi connectivity index (χ1v) is 5.92. The van der Waals surface area contributed by atoms with E-state index in [1.807, 2.05) is 18.2 Å². The molecule has 0 bridgehead atoms. The van der Waals surface area contributed by atoms with Crippen LogP contribution in [0.1, 0.15) is 18.9 Å². The molecule has 0 radical (unpaired) electrons. The number of carbonyl (C=O) groups excluding carboxylic acids is 2. The fourth-order valence-electron chi connectivity index (χ4n) is 1.42. The zero-order chi connectivity index (χ0) is 13.5. The maximum atomic E-state index is 11.6. The number of nitrogens with one attached hydrogen (secondary N) is 1. The van der Waals surface area contributed by atoms with Crippen molar-refractivity contribution in [2.45, 2.75) is 20.0 Å². The summed E-state index contributed by atoms with van der Waals surface area (Å²) < 4.78 is 4.95. The predicted octanol–water partition coefficient (Wildman–Crippen LogP) is 2.54. The van der Waals surface area contributed by atoms with Crippen molar-refractivity contribution in [2.75, 3.05) is 0 Å². The summed E-state index contributed by atoms with van der Waals surface area (Å²) in [5.41, 5.74) is 0.428. The summed E-state index contributed by atoms with van der Waals surface area (Å²) in [5, 5.41) is 6.86. The van der Waals surface area contributed by atoms with Crippen LogP contribution in [0.5, 0.6) is 0 Å². The molecule has 0 aliphatic heterocycles. The lowest BCUT2D eigenvalue weighted by Gasteiger charge is -2.11. The van der Waals surface area contributed by atoms with Gasteiger partial charge in [0.05, 0.1) is 5.92 Å². The molecule has 4 nitrogen and oxygen atoms in total. The van der Waals surface area contributed by atoms with Crippen molar-refractivity contribution in [3.05, 3.63) is 35.9 Å². The number of rotatable bonds is 6. The number of esters is 1. The third-order valence-corrected chi connectivity index (χ3v) is 2.73. The predicted molar refractivity (Wildman–Crippen MR) is 68.6 cm³/mol. The lowest BCUT2D eigenvalue weighted by Crippen LogP contribution is -2.28. The largest absolute Gasteiger partial charge is 0.456 e. The molecular formula is C13H14ClNO3. The van der Waals surface area contributed by atoms with Gasteiger partial charge < -0.3 is 4.74 Å². The fraction of sp³-hybridized carbons (Fsp3) is 0.308. The highest BCUT2D eigenvalue weighted by Gasteiger charge is 2.26. The molecule has 5 heteroatoms. The van der Waals surface area contributed by atoms with Gasteiger partial charge in [0.25, 0.3) is 0 Å². The van der Waals surface area contributed by atoms with Gasteiger partial charge in [-0.25, -0.2) is 4.79 Å². The number of hydrogen-bond acceptors (Lipinski definition) is 4. The SMILES string of the molecule is CC[C@@H](C(=N)C(=O)OCc1ccccc1)C(=O)Cl. The molecule has 1 aromatic rings. The van der Waals surface area contributed by atoms with E-state index in [2.05, 4.69) is 0 Å².